The van der Waals surface area contributed by atoms with Gasteiger partial charge in [-0.15, -0.1) is 0 Å². The van der Waals surface area contributed by atoms with E-state index in [1.54, 1.807) is 0 Å². The quantitative estimate of drug-likeness (QED) is 0.796. The summed E-state index contributed by atoms with van der Waals surface area (Å²) in [5.74, 6) is 0.558. The molecule has 126 valence electrons. The molecule has 1 heterocycles. The summed E-state index contributed by atoms with van der Waals surface area (Å²) in [4.78, 5) is 11.5. The van der Waals surface area contributed by atoms with Crippen LogP contribution in [0, 0.1) is 0 Å². The van der Waals surface area contributed by atoms with E-state index < -0.39 is 0 Å². The molecule has 1 N–H and O–H groups in total. The molecule has 0 bridgehead atoms. The average Bonchev–Trinajstić information content (AvgIpc) is 3.06. The summed E-state index contributed by atoms with van der Waals surface area (Å²) >= 11 is 3.59. The van der Waals surface area contributed by atoms with Crippen LogP contribution >= 0.6 is 15.9 Å². The van der Waals surface area contributed by atoms with Gasteiger partial charge in [-0.3, -0.25) is 4.79 Å². The third-order valence-electron chi connectivity index (χ3n) is 4.12. The third-order valence-corrected chi connectivity index (χ3v) is 4.74. The number of nitrogens with one attached hydrogen (secondary N) is 1. The van der Waals surface area contributed by atoms with Gasteiger partial charge < -0.3 is 14.8 Å². The van der Waals surface area contributed by atoms with Crippen molar-refractivity contribution in [2.45, 2.75) is 25.0 Å². The van der Waals surface area contributed by atoms with Gasteiger partial charge in [0.25, 0.3) is 0 Å². The van der Waals surface area contributed by atoms with Crippen LogP contribution in [0.15, 0.2) is 53.0 Å². The van der Waals surface area contributed by atoms with Gasteiger partial charge >= 0.3 is 5.97 Å². The molecular formula is C19H20BrNO3. The van der Waals surface area contributed by atoms with Crippen molar-refractivity contribution >= 4 is 21.9 Å². The lowest BCUT2D eigenvalue weighted by Gasteiger charge is -2.15. The maximum atomic E-state index is 11.5. The molecule has 0 amide bonds. The fourth-order valence-corrected chi connectivity index (χ4v) is 3.40. The van der Waals surface area contributed by atoms with Crippen molar-refractivity contribution in [3.63, 3.8) is 0 Å². The SMILES string of the molecule is COC(=O)[C@@H]1C[C@H](Oc2ccc(Cc3ccccc3)cc2Br)CN1. The first kappa shape index (κ1) is 17.0. The molecule has 2 atom stereocenters. The van der Waals surface area contributed by atoms with Crippen LogP contribution in [0.4, 0.5) is 0 Å². The minimum Gasteiger partial charge on any atom is -0.488 e. The normalized spacial score (nSPS) is 19.9. The fourth-order valence-electron chi connectivity index (χ4n) is 2.88. The van der Waals surface area contributed by atoms with Crippen molar-refractivity contribution in [2.75, 3.05) is 13.7 Å². The van der Waals surface area contributed by atoms with Crippen LogP contribution in [-0.4, -0.2) is 31.8 Å². The predicted octanol–water partition coefficient (Wildman–Crippen LogP) is 3.32. The highest BCUT2D eigenvalue weighted by Crippen LogP contribution is 2.29. The fraction of sp³-hybridized carbons (Fsp3) is 0.316. The molecule has 1 saturated heterocycles. The van der Waals surface area contributed by atoms with E-state index in [0.29, 0.717) is 13.0 Å². The Morgan fingerprint density at radius 3 is 2.71 bits per heavy atom. The van der Waals surface area contributed by atoms with Gasteiger partial charge in [-0.1, -0.05) is 36.4 Å². The molecule has 3 rings (SSSR count). The van der Waals surface area contributed by atoms with Crippen LogP contribution in [0.3, 0.4) is 0 Å². The number of benzene rings is 2. The largest absolute Gasteiger partial charge is 0.488 e. The highest BCUT2D eigenvalue weighted by Gasteiger charge is 2.31. The predicted molar refractivity (Wildman–Crippen MR) is 96.2 cm³/mol. The van der Waals surface area contributed by atoms with Crippen molar-refractivity contribution in [1.29, 1.82) is 0 Å². The zero-order chi connectivity index (χ0) is 16.9. The number of carbonyl (C=O) groups is 1. The first-order chi connectivity index (χ1) is 11.7. The minimum atomic E-state index is -0.281. The summed E-state index contributed by atoms with van der Waals surface area (Å²) in [7, 11) is 1.40. The van der Waals surface area contributed by atoms with E-state index in [4.69, 9.17) is 9.47 Å². The Morgan fingerprint density at radius 2 is 2.00 bits per heavy atom. The molecule has 1 fully saturated rings. The number of methoxy groups -OCH3 is 1. The summed E-state index contributed by atoms with van der Waals surface area (Å²) in [5.41, 5.74) is 2.50. The zero-order valence-corrected chi connectivity index (χ0v) is 15.1. The molecule has 2 aromatic rings. The highest BCUT2D eigenvalue weighted by molar-refractivity contribution is 9.10. The molecule has 0 saturated carbocycles. The van der Waals surface area contributed by atoms with Crippen LogP contribution < -0.4 is 10.1 Å². The standard InChI is InChI=1S/C19H20BrNO3/c1-23-19(22)17-11-15(12-21-17)24-18-8-7-14(10-16(18)20)9-13-5-3-2-4-6-13/h2-8,10,15,17,21H,9,11-12H2,1H3/t15-,17-/m0/s1. The molecular weight excluding hydrogens is 370 g/mol. The lowest BCUT2D eigenvalue weighted by atomic mass is 10.1. The van der Waals surface area contributed by atoms with Gasteiger partial charge in [0.2, 0.25) is 0 Å². The number of halogens is 1. The zero-order valence-electron chi connectivity index (χ0n) is 13.5. The smallest absolute Gasteiger partial charge is 0.323 e. The van der Waals surface area contributed by atoms with Gasteiger partial charge in [0, 0.05) is 13.0 Å². The van der Waals surface area contributed by atoms with Gasteiger partial charge in [0.1, 0.15) is 17.9 Å². The van der Waals surface area contributed by atoms with E-state index >= 15 is 0 Å². The Labute approximate surface area is 150 Å². The summed E-state index contributed by atoms with van der Waals surface area (Å²) in [6.45, 7) is 0.637. The number of hydrogen-bond donors (Lipinski definition) is 1. The first-order valence-corrected chi connectivity index (χ1v) is 8.75. The minimum absolute atomic E-state index is 0.0367. The van der Waals surface area contributed by atoms with Gasteiger partial charge in [0.05, 0.1) is 11.6 Å². The van der Waals surface area contributed by atoms with Crippen molar-refractivity contribution in [3.05, 3.63) is 64.1 Å². The van der Waals surface area contributed by atoms with Gasteiger partial charge in [0.15, 0.2) is 0 Å². The van der Waals surface area contributed by atoms with Crippen LogP contribution in [0.1, 0.15) is 17.5 Å². The van der Waals surface area contributed by atoms with E-state index in [1.807, 2.05) is 24.3 Å². The second-order valence-electron chi connectivity index (χ2n) is 5.89. The second-order valence-corrected chi connectivity index (χ2v) is 6.74. The Bertz CT molecular complexity index is 705. The van der Waals surface area contributed by atoms with Crippen LogP contribution in [-0.2, 0) is 16.0 Å². The molecule has 0 unspecified atom stereocenters. The molecule has 0 aromatic heterocycles. The number of carbonyl (C=O) groups excluding carboxylic acids is 1. The van der Waals surface area contributed by atoms with Crippen LogP contribution in [0.5, 0.6) is 5.75 Å². The van der Waals surface area contributed by atoms with E-state index in [9.17, 15) is 4.79 Å². The molecule has 0 spiro atoms. The van der Waals surface area contributed by atoms with E-state index in [2.05, 4.69) is 45.5 Å². The van der Waals surface area contributed by atoms with Gasteiger partial charge in [-0.2, -0.15) is 0 Å². The van der Waals surface area contributed by atoms with Gasteiger partial charge in [-0.05, 0) is 45.6 Å². The Hall–Kier alpha value is -1.85. The Kier molecular flexibility index (Phi) is 5.53. The van der Waals surface area contributed by atoms with Gasteiger partial charge in [-0.25, -0.2) is 0 Å². The maximum absolute atomic E-state index is 11.5. The number of ether oxygens (including phenoxy) is 2. The van der Waals surface area contributed by atoms with Crippen molar-refractivity contribution in [2.24, 2.45) is 0 Å². The molecule has 24 heavy (non-hydrogen) atoms. The molecule has 0 aliphatic carbocycles. The van der Waals surface area contributed by atoms with E-state index in [0.717, 1.165) is 16.6 Å². The lowest BCUT2D eigenvalue weighted by molar-refractivity contribution is -0.142. The van der Waals surface area contributed by atoms with Crippen LogP contribution in [0.2, 0.25) is 0 Å². The van der Waals surface area contributed by atoms with E-state index in [-0.39, 0.29) is 18.1 Å². The Balaban J connectivity index is 1.62. The molecule has 4 nitrogen and oxygen atoms in total. The molecule has 0 radical (unpaired) electrons. The summed E-state index contributed by atoms with van der Waals surface area (Å²) in [6, 6.07) is 16.2. The summed E-state index contributed by atoms with van der Waals surface area (Å²) in [5, 5.41) is 3.13. The first-order valence-electron chi connectivity index (χ1n) is 7.96. The topological polar surface area (TPSA) is 47.6 Å². The summed E-state index contributed by atoms with van der Waals surface area (Å²) < 4.78 is 11.7. The molecule has 5 heteroatoms. The Morgan fingerprint density at radius 1 is 1.21 bits per heavy atom. The summed E-state index contributed by atoms with van der Waals surface area (Å²) in [6.07, 6.45) is 1.46. The van der Waals surface area contributed by atoms with Crippen LogP contribution in [0.25, 0.3) is 0 Å². The monoisotopic (exact) mass is 389 g/mol. The lowest BCUT2D eigenvalue weighted by Crippen LogP contribution is -2.31. The molecule has 2 aromatic carbocycles. The number of rotatable bonds is 5. The highest BCUT2D eigenvalue weighted by atomic mass is 79.9. The average molecular weight is 390 g/mol. The number of hydrogen-bond acceptors (Lipinski definition) is 4. The van der Waals surface area contributed by atoms with Crippen molar-refractivity contribution < 1.29 is 14.3 Å². The van der Waals surface area contributed by atoms with Crippen molar-refractivity contribution in [3.8, 4) is 5.75 Å². The van der Waals surface area contributed by atoms with Crippen molar-refractivity contribution in [1.82, 2.24) is 5.32 Å². The van der Waals surface area contributed by atoms with E-state index in [1.165, 1.54) is 18.2 Å². The third kappa shape index (κ3) is 4.16. The maximum Gasteiger partial charge on any atom is 0.323 e. The molecule has 1 aliphatic heterocycles. The molecule has 1 aliphatic rings. The number of esters is 1. The second kappa shape index (κ2) is 7.81.